The highest BCUT2D eigenvalue weighted by Gasteiger charge is 2.12. The van der Waals surface area contributed by atoms with Gasteiger partial charge in [-0.1, -0.05) is 6.92 Å². The lowest BCUT2D eigenvalue weighted by Crippen LogP contribution is -2.10. The summed E-state index contributed by atoms with van der Waals surface area (Å²) in [6.07, 6.45) is 2.82. The SMILES string of the molecule is CCC(Nc1ccc(I)cc1N)c1nccs1. The zero-order valence-electron chi connectivity index (χ0n) is 9.48. The third kappa shape index (κ3) is 3.10. The topological polar surface area (TPSA) is 50.9 Å². The Morgan fingerprint density at radius 2 is 2.35 bits per heavy atom. The van der Waals surface area contributed by atoms with Crippen LogP contribution >= 0.6 is 33.9 Å². The van der Waals surface area contributed by atoms with Crippen molar-refractivity contribution in [2.45, 2.75) is 19.4 Å². The summed E-state index contributed by atoms with van der Waals surface area (Å²) in [5, 5.41) is 6.55. The van der Waals surface area contributed by atoms with Gasteiger partial charge >= 0.3 is 0 Å². The van der Waals surface area contributed by atoms with Crippen molar-refractivity contribution in [2.24, 2.45) is 0 Å². The highest BCUT2D eigenvalue weighted by Crippen LogP contribution is 2.28. The van der Waals surface area contributed by atoms with Crippen LogP contribution < -0.4 is 11.1 Å². The fourth-order valence-corrected chi connectivity index (χ4v) is 2.89. The number of hydrogen-bond donors (Lipinski definition) is 2. The zero-order chi connectivity index (χ0) is 12.3. The van der Waals surface area contributed by atoms with Crippen molar-refractivity contribution in [2.75, 3.05) is 11.1 Å². The smallest absolute Gasteiger partial charge is 0.115 e. The molecule has 1 aromatic carbocycles. The molecule has 0 saturated carbocycles. The minimum atomic E-state index is 0.234. The maximum absolute atomic E-state index is 5.99. The number of benzene rings is 1. The zero-order valence-corrected chi connectivity index (χ0v) is 12.5. The Hall–Kier alpha value is -0.820. The van der Waals surface area contributed by atoms with E-state index in [0.29, 0.717) is 0 Å². The Kier molecular flexibility index (Phi) is 4.22. The summed E-state index contributed by atoms with van der Waals surface area (Å²) in [5.74, 6) is 0. The van der Waals surface area contributed by atoms with E-state index in [1.54, 1.807) is 11.3 Å². The van der Waals surface area contributed by atoms with Crippen LogP contribution in [-0.2, 0) is 0 Å². The molecule has 0 aliphatic rings. The number of anilines is 2. The molecule has 90 valence electrons. The second-order valence-corrected chi connectivity index (χ2v) is 5.88. The molecular formula is C12H14IN3S. The van der Waals surface area contributed by atoms with Crippen LogP contribution in [-0.4, -0.2) is 4.98 Å². The van der Waals surface area contributed by atoms with E-state index in [2.05, 4.69) is 39.8 Å². The lowest BCUT2D eigenvalue weighted by molar-refractivity contribution is 0.742. The van der Waals surface area contributed by atoms with Gasteiger partial charge in [0, 0.05) is 15.1 Å². The average molecular weight is 359 g/mol. The minimum absolute atomic E-state index is 0.234. The summed E-state index contributed by atoms with van der Waals surface area (Å²) >= 11 is 3.93. The highest BCUT2D eigenvalue weighted by atomic mass is 127. The number of nitrogen functional groups attached to an aromatic ring is 1. The van der Waals surface area contributed by atoms with Crippen LogP contribution in [0.5, 0.6) is 0 Å². The lowest BCUT2D eigenvalue weighted by Gasteiger charge is -2.17. The van der Waals surface area contributed by atoms with Gasteiger partial charge in [-0.3, -0.25) is 0 Å². The largest absolute Gasteiger partial charge is 0.397 e. The predicted octanol–water partition coefficient (Wildman–Crippen LogP) is 3.89. The van der Waals surface area contributed by atoms with E-state index in [1.807, 2.05) is 29.8 Å². The second kappa shape index (κ2) is 5.68. The van der Waals surface area contributed by atoms with Gasteiger partial charge in [-0.25, -0.2) is 4.98 Å². The maximum Gasteiger partial charge on any atom is 0.115 e. The van der Waals surface area contributed by atoms with Crippen molar-refractivity contribution in [1.82, 2.24) is 4.98 Å². The molecule has 2 rings (SSSR count). The van der Waals surface area contributed by atoms with Crippen molar-refractivity contribution >= 4 is 45.3 Å². The normalized spacial score (nSPS) is 12.4. The first-order chi connectivity index (χ1) is 8.20. The average Bonchev–Trinajstić information content (AvgIpc) is 2.81. The van der Waals surface area contributed by atoms with Gasteiger partial charge in [0.15, 0.2) is 0 Å². The van der Waals surface area contributed by atoms with Crippen LogP contribution in [0.4, 0.5) is 11.4 Å². The van der Waals surface area contributed by atoms with Crippen molar-refractivity contribution in [3.63, 3.8) is 0 Å². The molecule has 3 nitrogen and oxygen atoms in total. The summed E-state index contributed by atoms with van der Waals surface area (Å²) in [4.78, 5) is 4.34. The second-order valence-electron chi connectivity index (χ2n) is 3.71. The molecule has 1 atom stereocenters. The van der Waals surface area contributed by atoms with Crippen molar-refractivity contribution in [1.29, 1.82) is 0 Å². The number of aromatic nitrogens is 1. The van der Waals surface area contributed by atoms with Gasteiger partial charge in [0.25, 0.3) is 0 Å². The van der Waals surface area contributed by atoms with Crippen LogP contribution in [0.3, 0.4) is 0 Å². The summed E-state index contributed by atoms with van der Waals surface area (Å²) in [6, 6.07) is 6.27. The quantitative estimate of drug-likeness (QED) is 0.643. The molecule has 1 unspecified atom stereocenters. The fourth-order valence-electron chi connectivity index (χ4n) is 1.60. The van der Waals surface area contributed by atoms with Crippen molar-refractivity contribution in [3.8, 4) is 0 Å². The Labute approximate surface area is 119 Å². The number of thiazole rings is 1. The van der Waals surface area contributed by atoms with Crippen LogP contribution in [0.15, 0.2) is 29.8 Å². The predicted molar refractivity (Wildman–Crippen MR) is 82.3 cm³/mol. The first-order valence-electron chi connectivity index (χ1n) is 5.41. The molecule has 0 saturated heterocycles. The molecule has 1 aromatic heterocycles. The van der Waals surface area contributed by atoms with Crippen molar-refractivity contribution < 1.29 is 0 Å². The van der Waals surface area contributed by atoms with Crippen LogP contribution in [0.25, 0.3) is 0 Å². The highest BCUT2D eigenvalue weighted by molar-refractivity contribution is 14.1. The number of rotatable bonds is 4. The summed E-state index contributed by atoms with van der Waals surface area (Å²) in [7, 11) is 0. The van der Waals surface area contributed by atoms with E-state index in [9.17, 15) is 0 Å². The minimum Gasteiger partial charge on any atom is -0.397 e. The molecule has 0 fully saturated rings. The molecule has 17 heavy (non-hydrogen) atoms. The van der Waals surface area contributed by atoms with Crippen LogP contribution in [0, 0.1) is 3.57 Å². The Balaban J connectivity index is 2.19. The summed E-state index contributed by atoms with van der Waals surface area (Å²) in [5.41, 5.74) is 7.76. The van der Waals surface area contributed by atoms with E-state index in [1.165, 1.54) is 0 Å². The molecule has 5 heteroatoms. The Morgan fingerprint density at radius 1 is 1.53 bits per heavy atom. The van der Waals surface area contributed by atoms with Gasteiger partial charge in [0.2, 0.25) is 0 Å². The molecular weight excluding hydrogens is 345 g/mol. The fraction of sp³-hybridized carbons (Fsp3) is 0.250. The van der Waals surface area contributed by atoms with Gasteiger partial charge < -0.3 is 11.1 Å². The van der Waals surface area contributed by atoms with Crippen molar-refractivity contribution in [3.05, 3.63) is 38.4 Å². The number of halogens is 1. The standard InChI is InChI=1S/C12H14IN3S/c1-2-10(12-15-5-6-17-12)16-11-4-3-8(13)7-9(11)14/h3-7,10,16H,2,14H2,1H3. The molecule has 2 aromatic rings. The Bertz CT molecular complexity index is 485. The van der Waals surface area contributed by atoms with Gasteiger partial charge in [0.05, 0.1) is 17.4 Å². The Morgan fingerprint density at radius 3 is 2.94 bits per heavy atom. The van der Waals surface area contributed by atoms with E-state index >= 15 is 0 Å². The molecule has 3 N–H and O–H groups in total. The maximum atomic E-state index is 5.99. The number of hydrogen-bond acceptors (Lipinski definition) is 4. The molecule has 0 radical (unpaired) electrons. The first-order valence-corrected chi connectivity index (χ1v) is 7.37. The van der Waals surface area contributed by atoms with E-state index < -0.39 is 0 Å². The van der Waals surface area contributed by atoms with Crippen LogP contribution in [0.1, 0.15) is 24.4 Å². The van der Waals surface area contributed by atoms with Gasteiger partial charge in [0.1, 0.15) is 5.01 Å². The third-order valence-corrected chi connectivity index (χ3v) is 4.06. The molecule has 0 amide bonds. The lowest BCUT2D eigenvalue weighted by atomic mass is 10.2. The molecule has 1 heterocycles. The van der Waals surface area contributed by atoms with E-state index in [4.69, 9.17) is 5.73 Å². The van der Waals surface area contributed by atoms with E-state index in [0.717, 1.165) is 26.4 Å². The first kappa shape index (κ1) is 12.6. The molecule has 0 bridgehead atoms. The van der Waals surface area contributed by atoms with Gasteiger partial charge in [-0.05, 0) is 47.2 Å². The summed E-state index contributed by atoms with van der Waals surface area (Å²) < 4.78 is 1.15. The number of nitrogens with zero attached hydrogens (tertiary/aromatic N) is 1. The molecule has 0 aliphatic carbocycles. The number of nitrogens with two attached hydrogens (primary N) is 1. The third-order valence-electron chi connectivity index (χ3n) is 2.50. The molecule has 0 spiro atoms. The van der Waals surface area contributed by atoms with Gasteiger partial charge in [-0.15, -0.1) is 11.3 Å². The van der Waals surface area contributed by atoms with E-state index in [-0.39, 0.29) is 6.04 Å². The monoisotopic (exact) mass is 359 g/mol. The van der Waals surface area contributed by atoms with Gasteiger partial charge in [-0.2, -0.15) is 0 Å². The van der Waals surface area contributed by atoms with Crippen LogP contribution in [0.2, 0.25) is 0 Å². The summed E-state index contributed by atoms with van der Waals surface area (Å²) in [6.45, 7) is 2.14. The molecule has 0 aliphatic heterocycles. The number of nitrogens with one attached hydrogen (secondary N) is 1.